The number of methoxy groups -OCH3 is 2. The standard InChI is InChI=1S/C22H32N2O5/c1-27-15-17-7-5-6-12-24(17)22(26)19-8-3-4-9-20(19)29-18-10-13-23(14-11-18)21(25)16-28-2/h3-4,8-9,17-18H,5-7,10-16H2,1-2H3. The van der Waals surface area contributed by atoms with Gasteiger partial charge < -0.3 is 24.0 Å². The monoisotopic (exact) mass is 404 g/mol. The number of hydrogen-bond acceptors (Lipinski definition) is 5. The highest BCUT2D eigenvalue weighted by molar-refractivity contribution is 5.97. The summed E-state index contributed by atoms with van der Waals surface area (Å²) in [6, 6.07) is 7.59. The van der Waals surface area contributed by atoms with E-state index in [1.165, 1.54) is 7.11 Å². The summed E-state index contributed by atoms with van der Waals surface area (Å²) < 4.78 is 16.5. The molecule has 1 atom stereocenters. The van der Waals surface area contributed by atoms with Crippen LogP contribution in [0.3, 0.4) is 0 Å². The molecule has 1 aromatic rings. The zero-order chi connectivity index (χ0) is 20.6. The molecule has 2 amide bonds. The van der Waals surface area contributed by atoms with Gasteiger partial charge in [0.15, 0.2) is 0 Å². The number of carbonyl (C=O) groups excluding carboxylic acids is 2. The second kappa shape index (κ2) is 10.6. The summed E-state index contributed by atoms with van der Waals surface area (Å²) in [5, 5.41) is 0. The van der Waals surface area contributed by atoms with Gasteiger partial charge >= 0.3 is 0 Å². The van der Waals surface area contributed by atoms with E-state index in [-0.39, 0.29) is 30.6 Å². The third-order valence-electron chi connectivity index (χ3n) is 5.72. The van der Waals surface area contributed by atoms with E-state index in [1.807, 2.05) is 34.1 Å². The van der Waals surface area contributed by atoms with Crippen molar-refractivity contribution in [1.82, 2.24) is 9.80 Å². The lowest BCUT2D eigenvalue weighted by atomic mass is 10.0. The van der Waals surface area contributed by atoms with E-state index in [1.54, 1.807) is 7.11 Å². The van der Waals surface area contributed by atoms with Gasteiger partial charge in [-0.05, 0) is 31.4 Å². The van der Waals surface area contributed by atoms with Crippen molar-refractivity contribution in [3.05, 3.63) is 29.8 Å². The van der Waals surface area contributed by atoms with Crippen molar-refractivity contribution in [2.45, 2.75) is 44.2 Å². The fourth-order valence-corrected chi connectivity index (χ4v) is 4.15. The summed E-state index contributed by atoms with van der Waals surface area (Å²) in [4.78, 5) is 29.0. The zero-order valence-corrected chi connectivity index (χ0v) is 17.5. The van der Waals surface area contributed by atoms with Crippen molar-refractivity contribution in [2.24, 2.45) is 0 Å². The fraction of sp³-hybridized carbons (Fsp3) is 0.636. The largest absolute Gasteiger partial charge is 0.489 e. The van der Waals surface area contributed by atoms with E-state index in [2.05, 4.69) is 0 Å². The zero-order valence-electron chi connectivity index (χ0n) is 17.5. The van der Waals surface area contributed by atoms with Gasteiger partial charge in [-0.15, -0.1) is 0 Å². The molecule has 0 saturated carbocycles. The molecule has 29 heavy (non-hydrogen) atoms. The molecule has 0 aliphatic carbocycles. The van der Waals surface area contributed by atoms with Crippen LogP contribution >= 0.6 is 0 Å². The maximum Gasteiger partial charge on any atom is 0.257 e. The average Bonchev–Trinajstić information content (AvgIpc) is 2.75. The van der Waals surface area contributed by atoms with Crippen LogP contribution in [-0.2, 0) is 14.3 Å². The Morgan fingerprint density at radius 2 is 1.76 bits per heavy atom. The molecular weight excluding hydrogens is 372 g/mol. The van der Waals surface area contributed by atoms with Crippen LogP contribution in [0, 0.1) is 0 Å². The van der Waals surface area contributed by atoms with Crippen molar-refractivity contribution in [3.63, 3.8) is 0 Å². The highest BCUT2D eigenvalue weighted by Crippen LogP contribution is 2.27. The molecular formula is C22H32N2O5. The Bertz CT molecular complexity index is 686. The Morgan fingerprint density at radius 3 is 2.48 bits per heavy atom. The van der Waals surface area contributed by atoms with Crippen LogP contribution in [0.25, 0.3) is 0 Å². The number of rotatable bonds is 7. The van der Waals surface area contributed by atoms with Crippen LogP contribution in [0.5, 0.6) is 5.75 Å². The van der Waals surface area contributed by atoms with Crippen LogP contribution in [0.4, 0.5) is 0 Å². The molecule has 1 unspecified atom stereocenters. The van der Waals surface area contributed by atoms with Crippen LogP contribution in [0.1, 0.15) is 42.5 Å². The van der Waals surface area contributed by atoms with Crippen LogP contribution < -0.4 is 4.74 Å². The van der Waals surface area contributed by atoms with Gasteiger partial charge in [0.05, 0.1) is 18.2 Å². The summed E-state index contributed by atoms with van der Waals surface area (Å²) >= 11 is 0. The smallest absolute Gasteiger partial charge is 0.257 e. The first kappa shape index (κ1) is 21.6. The Labute approximate surface area is 172 Å². The Kier molecular flexibility index (Phi) is 7.89. The minimum Gasteiger partial charge on any atom is -0.489 e. The first-order valence-corrected chi connectivity index (χ1v) is 10.5. The summed E-state index contributed by atoms with van der Waals surface area (Å²) in [6.45, 7) is 2.71. The van der Waals surface area contributed by atoms with Crippen molar-refractivity contribution < 1.29 is 23.8 Å². The van der Waals surface area contributed by atoms with Gasteiger partial charge in [0.1, 0.15) is 18.5 Å². The number of para-hydroxylation sites is 1. The predicted molar refractivity (Wildman–Crippen MR) is 109 cm³/mol. The minimum absolute atomic E-state index is 0.00771. The lowest BCUT2D eigenvalue weighted by Crippen LogP contribution is -2.46. The molecule has 2 heterocycles. The molecule has 0 N–H and O–H groups in total. The maximum absolute atomic E-state index is 13.3. The Morgan fingerprint density at radius 1 is 1.00 bits per heavy atom. The number of hydrogen-bond donors (Lipinski definition) is 0. The van der Waals surface area contributed by atoms with Gasteiger partial charge in [-0.25, -0.2) is 0 Å². The van der Waals surface area contributed by atoms with E-state index in [0.29, 0.717) is 31.0 Å². The molecule has 0 bridgehead atoms. The quantitative estimate of drug-likeness (QED) is 0.698. The molecule has 2 saturated heterocycles. The normalized spacial score (nSPS) is 20.6. The molecule has 2 aliphatic heterocycles. The molecule has 0 radical (unpaired) electrons. The number of piperidine rings is 2. The fourth-order valence-electron chi connectivity index (χ4n) is 4.15. The van der Waals surface area contributed by atoms with Gasteiger partial charge in [-0.3, -0.25) is 9.59 Å². The minimum atomic E-state index is -0.00771. The van der Waals surface area contributed by atoms with Crippen LogP contribution in [-0.4, -0.2) is 80.8 Å². The van der Waals surface area contributed by atoms with Crippen molar-refractivity contribution in [1.29, 1.82) is 0 Å². The SMILES string of the molecule is COCC(=O)N1CCC(Oc2ccccc2C(=O)N2CCCCC2COC)CC1. The molecule has 3 rings (SSSR count). The molecule has 2 aliphatic rings. The lowest BCUT2D eigenvalue weighted by molar-refractivity contribution is -0.136. The summed E-state index contributed by atoms with van der Waals surface area (Å²) in [6.07, 6.45) is 4.59. The number of carbonyl (C=O) groups is 2. The van der Waals surface area contributed by atoms with Crippen LogP contribution in [0.15, 0.2) is 24.3 Å². The number of amides is 2. The third kappa shape index (κ3) is 5.48. The number of ether oxygens (including phenoxy) is 3. The van der Waals surface area contributed by atoms with Gasteiger partial charge in [0.2, 0.25) is 5.91 Å². The molecule has 7 nitrogen and oxygen atoms in total. The molecule has 0 aromatic heterocycles. The van der Waals surface area contributed by atoms with Crippen molar-refractivity contribution in [2.75, 3.05) is 47.1 Å². The summed E-state index contributed by atoms with van der Waals surface area (Å²) in [5.41, 5.74) is 0.605. The van der Waals surface area contributed by atoms with Gasteiger partial charge in [-0.2, -0.15) is 0 Å². The Balaban J connectivity index is 1.65. The molecule has 1 aromatic carbocycles. The first-order chi connectivity index (χ1) is 14.1. The van der Waals surface area contributed by atoms with Gasteiger partial charge in [0, 0.05) is 46.7 Å². The van der Waals surface area contributed by atoms with E-state index < -0.39 is 0 Å². The molecule has 2 fully saturated rings. The maximum atomic E-state index is 13.3. The van der Waals surface area contributed by atoms with E-state index in [4.69, 9.17) is 14.2 Å². The second-order valence-corrected chi connectivity index (χ2v) is 7.73. The first-order valence-electron chi connectivity index (χ1n) is 10.5. The van der Waals surface area contributed by atoms with Gasteiger partial charge in [0.25, 0.3) is 5.91 Å². The van der Waals surface area contributed by atoms with Crippen molar-refractivity contribution in [3.8, 4) is 5.75 Å². The summed E-state index contributed by atoms with van der Waals surface area (Å²) in [7, 11) is 3.21. The number of likely N-dealkylation sites (tertiary alicyclic amines) is 2. The lowest BCUT2D eigenvalue weighted by Gasteiger charge is -2.36. The Hall–Kier alpha value is -2.12. The van der Waals surface area contributed by atoms with Gasteiger partial charge in [-0.1, -0.05) is 12.1 Å². The molecule has 160 valence electrons. The average molecular weight is 405 g/mol. The van der Waals surface area contributed by atoms with Crippen LogP contribution in [0.2, 0.25) is 0 Å². The van der Waals surface area contributed by atoms with Crippen molar-refractivity contribution >= 4 is 11.8 Å². The number of benzene rings is 1. The topological polar surface area (TPSA) is 68.3 Å². The van der Waals surface area contributed by atoms with E-state index in [9.17, 15) is 9.59 Å². The highest BCUT2D eigenvalue weighted by Gasteiger charge is 2.30. The molecule has 0 spiro atoms. The molecule has 7 heteroatoms. The second-order valence-electron chi connectivity index (χ2n) is 7.73. The summed E-state index contributed by atoms with van der Waals surface area (Å²) in [5.74, 6) is 0.645. The number of nitrogens with zero attached hydrogens (tertiary/aromatic N) is 2. The van der Waals surface area contributed by atoms with E-state index >= 15 is 0 Å². The highest BCUT2D eigenvalue weighted by atomic mass is 16.5. The predicted octanol–water partition coefficient (Wildman–Crippen LogP) is 2.34. The van der Waals surface area contributed by atoms with E-state index in [0.717, 1.165) is 38.6 Å². The third-order valence-corrected chi connectivity index (χ3v) is 5.72.